The third-order valence-electron chi connectivity index (χ3n) is 5.23. The lowest BCUT2D eigenvalue weighted by Gasteiger charge is -2.32. The largest absolute Gasteiger partial charge is 0.361 e. The Balaban J connectivity index is 1.50. The minimum absolute atomic E-state index is 0.0346. The van der Waals surface area contributed by atoms with Crippen LogP contribution in [0.2, 0.25) is 0 Å². The molecular formula is C21H26N4O2S. The molecule has 6 nitrogen and oxygen atoms in total. The number of hydrogen-bond acceptors (Lipinski definition) is 4. The molecule has 0 atom stereocenters. The average molecular weight is 399 g/mol. The fraction of sp³-hybridized carbons (Fsp3) is 0.333. The molecule has 1 aromatic heterocycles. The molecule has 1 fully saturated rings. The van der Waals surface area contributed by atoms with Crippen LogP contribution in [0, 0.1) is 0 Å². The van der Waals surface area contributed by atoms with Crippen LogP contribution in [0.5, 0.6) is 0 Å². The van der Waals surface area contributed by atoms with Crippen LogP contribution >= 0.6 is 0 Å². The third-order valence-corrected chi connectivity index (χ3v) is 6.49. The Morgan fingerprint density at radius 3 is 2.54 bits per heavy atom. The number of piperazine rings is 1. The number of rotatable bonds is 6. The van der Waals surface area contributed by atoms with Crippen LogP contribution in [-0.4, -0.2) is 56.4 Å². The van der Waals surface area contributed by atoms with Crippen molar-refractivity contribution in [3.8, 4) is 0 Å². The molecule has 0 radical (unpaired) electrons. The van der Waals surface area contributed by atoms with Gasteiger partial charge in [-0.3, -0.25) is 9.62 Å². The minimum Gasteiger partial charge on any atom is -0.361 e. The number of H-pyrrole nitrogens is 1. The highest BCUT2D eigenvalue weighted by molar-refractivity contribution is 7.91. The van der Waals surface area contributed by atoms with E-state index in [-0.39, 0.29) is 5.75 Å². The standard InChI is InChI=1S/C21H26N4O2S/c1-24-9-11-25(12-10-24)15-18-14-22-21-8-7-19(13-20(18)21)23-28(26,27)16-17-5-3-2-4-6-17/h2-8,13-14,22-23H,9-12,15-16H2,1H3. The molecule has 7 heteroatoms. The zero-order chi connectivity index (χ0) is 19.6. The maximum Gasteiger partial charge on any atom is 0.236 e. The van der Waals surface area contributed by atoms with Crippen LogP contribution in [0.15, 0.2) is 54.7 Å². The van der Waals surface area contributed by atoms with E-state index in [4.69, 9.17) is 0 Å². The van der Waals surface area contributed by atoms with Gasteiger partial charge < -0.3 is 9.88 Å². The summed E-state index contributed by atoms with van der Waals surface area (Å²) in [6.45, 7) is 5.12. The van der Waals surface area contributed by atoms with Crippen LogP contribution in [0.1, 0.15) is 11.1 Å². The van der Waals surface area contributed by atoms with Crippen molar-refractivity contribution in [2.75, 3.05) is 37.9 Å². The molecule has 2 heterocycles. The van der Waals surface area contributed by atoms with E-state index in [0.29, 0.717) is 5.69 Å². The van der Waals surface area contributed by atoms with Gasteiger partial charge in [0.25, 0.3) is 0 Å². The Labute approximate surface area is 166 Å². The second-order valence-electron chi connectivity index (χ2n) is 7.50. The van der Waals surface area contributed by atoms with Crippen molar-refractivity contribution in [2.24, 2.45) is 0 Å². The topological polar surface area (TPSA) is 68.4 Å². The number of anilines is 1. The van der Waals surface area contributed by atoms with Crippen LogP contribution in [0.4, 0.5) is 5.69 Å². The molecular weight excluding hydrogens is 372 g/mol. The van der Waals surface area contributed by atoms with Crippen LogP contribution in [-0.2, 0) is 22.3 Å². The van der Waals surface area contributed by atoms with Crippen molar-refractivity contribution in [3.05, 3.63) is 65.9 Å². The number of likely N-dealkylation sites (N-methyl/N-ethyl adjacent to an activating group) is 1. The van der Waals surface area contributed by atoms with Gasteiger partial charge in [0.1, 0.15) is 0 Å². The smallest absolute Gasteiger partial charge is 0.236 e. The van der Waals surface area contributed by atoms with Gasteiger partial charge in [-0.15, -0.1) is 0 Å². The third kappa shape index (κ3) is 4.55. The summed E-state index contributed by atoms with van der Waals surface area (Å²) in [6, 6.07) is 14.9. The molecule has 1 aliphatic rings. The highest BCUT2D eigenvalue weighted by atomic mass is 32.2. The highest BCUT2D eigenvalue weighted by Crippen LogP contribution is 2.25. The second-order valence-corrected chi connectivity index (χ2v) is 9.22. The maximum absolute atomic E-state index is 12.5. The number of hydrogen-bond donors (Lipinski definition) is 2. The molecule has 0 unspecified atom stereocenters. The first-order valence-electron chi connectivity index (χ1n) is 9.54. The van der Waals surface area contributed by atoms with Gasteiger partial charge in [-0.05, 0) is 36.4 Å². The molecule has 2 N–H and O–H groups in total. The molecule has 0 bridgehead atoms. The summed E-state index contributed by atoms with van der Waals surface area (Å²) in [6.07, 6.45) is 2.03. The summed E-state index contributed by atoms with van der Waals surface area (Å²) < 4.78 is 27.8. The predicted molar refractivity (Wildman–Crippen MR) is 114 cm³/mol. The van der Waals surface area contributed by atoms with E-state index in [2.05, 4.69) is 26.6 Å². The Kier molecular flexibility index (Phi) is 5.39. The SMILES string of the molecule is CN1CCN(Cc2c[nH]c3ccc(NS(=O)(=O)Cc4ccccc4)cc23)CC1. The van der Waals surface area contributed by atoms with Crippen molar-refractivity contribution in [2.45, 2.75) is 12.3 Å². The second kappa shape index (κ2) is 7.95. The van der Waals surface area contributed by atoms with Crippen LogP contribution < -0.4 is 4.72 Å². The van der Waals surface area contributed by atoms with Crippen LogP contribution in [0.25, 0.3) is 10.9 Å². The molecule has 3 aromatic rings. The molecule has 1 saturated heterocycles. The summed E-state index contributed by atoms with van der Waals surface area (Å²) >= 11 is 0. The summed E-state index contributed by atoms with van der Waals surface area (Å²) in [5.74, 6) is -0.0346. The van der Waals surface area contributed by atoms with Gasteiger partial charge in [0.2, 0.25) is 10.0 Å². The average Bonchev–Trinajstić information content (AvgIpc) is 3.06. The van der Waals surface area contributed by atoms with Crippen molar-refractivity contribution in [1.29, 1.82) is 0 Å². The van der Waals surface area contributed by atoms with E-state index in [1.165, 1.54) is 5.56 Å². The first-order chi connectivity index (χ1) is 13.5. The quantitative estimate of drug-likeness (QED) is 0.670. The Bertz CT molecular complexity index is 1040. The lowest BCUT2D eigenvalue weighted by atomic mass is 10.1. The van der Waals surface area contributed by atoms with E-state index in [1.807, 2.05) is 48.7 Å². The molecule has 0 spiro atoms. The number of aromatic amines is 1. The predicted octanol–water partition coefficient (Wildman–Crippen LogP) is 2.86. The summed E-state index contributed by atoms with van der Waals surface area (Å²) in [4.78, 5) is 8.08. The van der Waals surface area contributed by atoms with Crippen LogP contribution in [0.3, 0.4) is 0 Å². The van der Waals surface area contributed by atoms with E-state index in [0.717, 1.165) is 49.2 Å². The summed E-state index contributed by atoms with van der Waals surface area (Å²) in [7, 11) is -1.31. The van der Waals surface area contributed by atoms with Crippen molar-refractivity contribution < 1.29 is 8.42 Å². The molecule has 4 rings (SSSR count). The van der Waals surface area contributed by atoms with Gasteiger partial charge >= 0.3 is 0 Å². The number of fused-ring (bicyclic) bond motifs is 1. The lowest BCUT2D eigenvalue weighted by molar-refractivity contribution is 0.148. The molecule has 2 aromatic carbocycles. The van der Waals surface area contributed by atoms with Gasteiger partial charge in [-0.1, -0.05) is 30.3 Å². The molecule has 0 aliphatic carbocycles. The van der Waals surface area contributed by atoms with Gasteiger partial charge in [0, 0.05) is 55.5 Å². The number of benzene rings is 2. The Morgan fingerprint density at radius 2 is 1.79 bits per heavy atom. The maximum atomic E-state index is 12.5. The first-order valence-corrected chi connectivity index (χ1v) is 11.2. The molecule has 28 heavy (non-hydrogen) atoms. The van der Waals surface area contributed by atoms with E-state index in [1.54, 1.807) is 6.07 Å². The van der Waals surface area contributed by atoms with Crippen molar-refractivity contribution in [3.63, 3.8) is 0 Å². The molecule has 1 aliphatic heterocycles. The van der Waals surface area contributed by atoms with Crippen molar-refractivity contribution in [1.82, 2.24) is 14.8 Å². The highest BCUT2D eigenvalue weighted by Gasteiger charge is 2.17. The van der Waals surface area contributed by atoms with E-state index < -0.39 is 10.0 Å². The van der Waals surface area contributed by atoms with Gasteiger partial charge in [0.15, 0.2) is 0 Å². The fourth-order valence-corrected chi connectivity index (χ4v) is 4.82. The lowest BCUT2D eigenvalue weighted by Crippen LogP contribution is -2.43. The van der Waals surface area contributed by atoms with E-state index in [9.17, 15) is 8.42 Å². The van der Waals surface area contributed by atoms with Gasteiger partial charge in [0.05, 0.1) is 5.75 Å². The van der Waals surface area contributed by atoms with Crippen molar-refractivity contribution >= 4 is 26.6 Å². The summed E-state index contributed by atoms with van der Waals surface area (Å²) in [5, 5.41) is 1.07. The zero-order valence-corrected chi connectivity index (χ0v) is 16.9. The van der Waals surface area contributed by atoms with E-state index >= 15 is 0 Å². The Morgan fingerprint density at radius 1 is 1.04 bits per heavy atom. The molecule has 0 saturated carbocycles. The number of nitrogens with one attached hydrogen (secondary N) is 2. The fourth-order valence-electron chi connectivity index (χ4n) is 3.63. The monoisotopic (exact) mass is 398 g/mol. The molecule has 0 amide bonds. The normalized spacial score (nSPS) is 16.5. The number of aromatic nitrogens is 1. The number of nitrogens with zero attached hydrogens (tertiary/aromatic N) is 2. The van der Waals surface area contributed by atoms with Gasteiger partial charge in [-0.25, -0.2) is 8.42 Å². The first kappa shape index (κ1) is 19.0. The zero-order valence-electron chi connectivity index (χ0n) is 16.1. The van der Waals surface area contributed by atoms with Gasteiger partial charge in [-0.2, -0.15) is 0 Å². The number of sulfonamides is 1. The molecule has 148 valence electrons. The minimum atomic E-state index is -3.46. The summed E-state index contributed by atoms with van der Waals surface area (Å²) in [5.41, 5.74) is 3.59. The Hall–Kier alpha value is -2.35.